The van der Waals surface area contributed by atoms with Gasteiger partial charge >= 0.3 is 0 Å². The van der Waals surface area contributed by atoms with Crippen LogP contribution in [0.4, 0.5) is 0 Å². The molecule has 0 aliphatic rings. The SMILES string of the molecule is O=P(Cl)(Cl)CC(Cl)CCCl. The summed E-state index contributed by atoms with van der Waals surface area (Å²) in [5.74, 6) is -2.57. The Labute approximate surface area is 79.9 Å². The van der Waals surface area contributed by atoms with Gasteiger partial charge in [-0.3, -0.25) is 4.57 Å². The van der Waals surface area contributed by atoms with Crippen LogP contribution in [0.2, 0.25) is 0 Å². The first-order chi connectivity index (χ1) is 4.45. The van der Waals surface area contributed by atoms with Crippen molar-refractivity contribution in [1.82, 2.24) is 0 Å². The molecule has 10 heavy (non-hydrogen) atoms. The highest BCUT2D eigenvalue weighted by Crippen LogP contribution is 2.57. The summed E-state index contributed by atoms with van der Waals surface area (Å²) in [6.45, 7) is 0. The minimum atomic E-state index is -3.00. The Morgan fingerprint density at radius 1 is 1.40 bits per heavy atom. The van der Waals surface area contributed by atoms with E-state index in [1.54, 1.807) is 0 Å². The molecule has 1 nitrogen and oxygen atoms in total. The van der Waals surface area contributed by atoms with Crippen LogP contribution in [0.25, 0.3) is 0 Å². The van der Waals surface area contributed by atoms with E-state index >= 15 is 0 Å². The summed E-state index contributed by atoms with van der Waals surface area (Å²) >= 11 is 21.5. The van der Waals surface area contributed by atoms with Crippen molar-refractivity contribution in [3.63, 3.8) is 0 Å². The Morgan fingerprint density at radius 2 is 1.90 bits per heavy atom. The topological polar surface area (TPSA) is 17.1 Å². The van der Waals surface area contributed by atoms with Crippen LogP contribution < -0.4 is 0 Å². The predicted molar refractivity (Wildman–Crippen MR) is 49.2 cm³/mol. The second kappa shape index (κ2) is 5.11. The molecule has 0 aromatic carbocycles. The minimum absolute atomic E-state index is 0.129. The van der Waals surface area contributed by atoms with Gasteiger partial charge in [0, 0.05) is 17.4 Å². The normalized spacial score (nSPS) is 15.2. The molecule has 62 valence electrons. The molecule has 6 heteroatoms. The highest BCUT2D eigenvalue weighted by molar-refractivity contribution is 8.08. The molecule has 0 saturated heterocycles. The molecule has 0 aliphatic heterocycles. The summed E-state index contributed by atoms with van der Waals surface area (Å²) in [4.78, 5) is 0. The zero-order valence-electron chi connectivity index (χ0n) is 5.07. The summed E-state index contributed by atoms with van der Waals surface area (Å²) in [6, 6.07) is 0. The lowest BCUT2D eigenvalue weighted by molar-refractivity contribution is 0.591. The number of hydrogen-bond donors (Lipinski definition) is 0. The fraction of sp³-hybridized carbons (Fsp3) is 1.00. The van der Waals surface area contributed by atoms with E-state index in [1.807, 2.05) is 0 Å². The maximum absolute atomic E-state index is 10.7. The van der Waals surface area contributed by atoms with E-state index < -0.39 is 5.85 Å². The molecule has 0 N–H and O–H groups in total. The summed E-state index contributed by atoms with van der Waals surface area (Å²) in [5.41, 5.74) is 0. The first-order valence-electron chi connectivity index (χ1n) is 2.64. The molecule has 0 saturated carbocycles. The van der Waals surface area contributed by atoms with Crippen LogP contribution in [0.3, 0.4) is 0 Å². The highest BCUT2D eigenvalue weighted by Gasteiger charge is 2.19. The standard InChI is InChI=1S/C4H7Cl4OP/c5-2-1-4(6)3-10(7,8)9/h4H,1-3H2. The molecule has 0 aliphatic carbocycles. The van der Waals surface area contributed by atoms with Crippen molar-refractivity contribution >= 4 is 51.5 Å². The Balaban J connectivity index is 3.58. The van der Waals surface area contributed by atoms with Crippen molar-refractivity contribution in [3.05, 3.63) is 0 Å². The monoisotopic (exact) mass is 242 g/mol. The minimum Gasteiger partial charge on any atom is -0.289 e. The number of halogens is 4. The van der Waals surface area contributed by atoms with Crippen molar-refractivity contribution in [2.75, 3.05) is 12.0 Å². The molecule has 0 bridgehead atoms. The lowest BCUT2D eigenvalue weighted by Crippen LogP contribution is -2.02. The lowest BCUT2D eigenvalue weighted by atomic mass is 10.4. The summed E-state index contributed by atoms with van der Waals surface area (Å²) in [5, 5.41) is -0.279. The van der Waals surface area contributed by atoms with Gasteiger partial charge in [-0.15, -0.1) is 23.2 Å². The van der Waals surface area contributed by atoms with Crippen LogP contribution in [-0.4, -0.2) is 17.4 Å². The molecular weight excluding hydrogens is 237 g/mol. The second-order valence-corrected chi connectivity index (χ2v) is 8.12. The molecule has 0 spiro atoms. The third-order valence-corrected chi connectivity index (χ3v) is 3.33. The van der Waals surface area contributed by atoms with Gasteiger partial charge in [0.15, 0.2) is 0 Å². The lowest BCUT2D eigenvalue weighted by Gasteiger charge is -2.06. The van der Waals surface area contributed by atoms with Crippen molar-refractivity contribution in [2.45, 2.75) is 11.8 Å². The maximum atomic E-state index is 10.7. The van der Waals surface area contributed by atoms with Gasteiger partial charge < -0.3 is 0 Å². The number of hydrogen-bond acceptors (Lipinski definition) is 1. The van der Waals surface area contributed by atoms with Crippen molar-refractivity contribution in [3.8, 4) is 0 Å². The van der Waals surface area contributed by atoms with E-state index in [-0.39, 0.29) is 11.5 Å². The van der Waals surface area contributed by atoms with E-state index in [0.29, 0.717) is 12.3 Å². The third kappa shape index (κ3) is 7.50. The highest BCUT2D eigenvalue weighted by atomic mass is 35.9. The van der Waals surface area contributed by atoms with Crippen molar-refractivity contribution in [2.24, 2.45) is 0 Å². The molecule has 1 unspecified atom stereocenters. The van der Waals surface area contributed by atoms with Crippen LogP contribution in [0.15, 0.2) is 0 Å². The van der Waals surface area contributed by atoms with Gasteiger partial charge in [-0.05, 0) is 28.9 Å². The Bertz CT molecular complexity index is 133. The van der Waals surface area contributed by atoms with Crippen LogP contribution in [0.5, 0.6) is 0 Å². The first kappa shape index (κ1) is 11.4. The fourth-order valence-electron chi connectivity index (χ4n) is 0.440. The Morgan fingerprint density at radius 3 is 2.20 bits per heavy atom. The largest absolute Gasteiger partial charge is 0.289 e. The molecule has 0 fully saturated rings. The predicted octanol–water partition coefficient (Wildman–Crippen LogP) is 3.89. The van der Waals surface area contributed by atoms with Gasteiger partial charge in [-0.2, -0.15) is 0 Å². The quantitative estimate of drug-likeness (QED) is 0.541. The van der Waals surface area contributed by atoms with E-state index in [2.05, 4.69) is 0 Å². The number of rotatable bonds is 4. The van der Waals surface area contributed by atoms with Gasteiger partial charge in [0.2, 0.25) is 0 Å². The Hall–Kier alpha value is 1.39. The summed E-state index contributed by atoms with van der Waals surface area (Å²) < 4.78 is 10.7. The third-order valence-electron chi connectivity index (χ3n) is 0.833. The van der Waals surface area contributed by atoms with E-state index in [4.69, 9.17) is 45.7 Å². The maximum Gasteiger partial charge on any atom is 0.254 e. The second-order valence-electron chi connectivity index (χ2n) is 1.83. The molecule has 0 aromatic rings. The van der Waals surface area contributed by atoms with E-state index in [0.717, 1.165) is 0 Å². The van der Waals surface area contributed by atoms with Crippen molar-refractivity contribution < 1.29 is 4.57 Å². The van der Waals surface area contributed by atoms with Gasteiger partial charge in [0.1, 0.15) is 0 Å². The molecule has 0 rings (SSSR count). The molecule has 0 heterocycles. The van der Waals surface area contributed by atoms with Gasteiger partial charge in [0.05, 0.1) is 0 Å². The smallest absolute Gasteiger partial charge is 0.254 e. The van der Waals surface area contributed by atoms with Crippen LogP contribution in [-0.2, 0) is 4.57 Å². The van der Waals surface area contributed by atoms with Crippen LogP contribution in [0, 0.1) is 0 Å². The molecule has 1 atom stereocenters. The fourth-order valence-corrected chi connectivity index (χ4v) is 3.57. The molecule has 0 radical (unpaired) electrons. The van der Waals surface area contributed by atoms with E-state index in [1.165, 1.54) is 0 Å². The first-order valence-corrected chi connectivity index (χ1v) is 7.31. The van der Waals surface area contributed by atoms with Crippen LogP contribution >= 0.6 is 51.5 Å². The summed E-state index contributed by atoms with van der Waals surface area (Å²) in [6.07, 6.45) is 0.705. The van der Waals surface area contributed by atoms with Gasteiger partial charge in [-0.25, -0.2) is 0 Å². The van der Waals surface area contributed by atoms with Gasteiger partial charge in [0.25, 0.3) is 5.85 Å². The van der Waals surface area contributed by atoms with Gasteiger partial charge in [-0.1, -0.05) is 0 Å². The Kier molecular flexibility index (Phi) is 5.82. The molecule has 0 amide bonds. The van der Waals surface area contributed by atoms with E-state index in [9.17, 15) is 4.57 Å². The number of alkyl halides is 2. The van der Waals surface area contributed by atoms with Crippen molar-refractivity contribution in [1.29, 1.82) is 0 Å². The zero-order valence-corrected chi connectivity index (χ0v) is 8.98. The average molecular weight is 244 g/mol. The van der Waals surface area contributed by atoms with Crippen LogP contribution in [0.1, 0.15) is 6.42 Å². The average Bonchev–Trinajstić information content (AvgIpc) is 1.59. The molecular formula is C4H7Cl4OP. The molecule has 0 aromatic heterocycles. The summed E-state index contributed by atoms with van der Waals surface area (Å²) in [7, 11) is 0. The zero-order chi connectivity index (χ0) is 8.20.